The molecule has 0 bridgehead atoms. The monoisotopic (exact) mass is 386 g/mol. The van der Waals surface area contributed by atoms with Gasteiger partial charge in [0.1, 0.15) is 0 Å². The molecule has 2 atom stereocenters. The fourth-order valence-electron chi connectivity index (χ4n) is 4.47. The summed E-state index contributed by atoms with van der Waals surface area (Å²) in [7, 11) is 0. The molecule has 1 aromatic rings. The Morgan fingerprint density at radius 3 is 2.57 bits per heavy atom. The number of fused-ring (bicyclic) bond motifs is 1. The Morgan fingerprint density at radius 1 is 1.25 bits per heavy atom. The quantitative estimate of drug-likeness (QED) is 0.673. The number of carbonyl (C=O) groups is 2. The predicted octanol–water partition coefficient (Wildman–Crippen LogP) is 4.83. The number of amides is 2. The summed E-state index contributed by atoms with van der Waals surface area (Å²) in [6, 6.07) is 8.42. The Balaban J connectivity index is 2.01. The zero-order chi connectivity index (χ0) is 20.9. The van der Waals surface area contributed by atoms with E-state index in [4.69, 9.17) is 0 Å². The molecule has 2 rings (SSSR count). The van der Waals surface area contributed by atoms with E-state index < -0.39 is 0 Å². The second kappa shape index (κ2) is 9.58. The Morgan fingerprint density at radius 2 is 1.93 bits per heavy atom. The van der Waals surface area contributed by atoms with Crippen molar-refractivity contribution in [1.82, 2.24) is 9.80 Å². The largest absolute Gasteiger partial charge is 0.334 e. The van der Waals surface area contributed by atoms with E-state index in [0.717, 1.165) is 25.8 Å². The van der Waals surface area contributed by atoms with Gasteiger partial charge in [-0.05, 0) is 48.6 Å². The molecule has 0 aromatic heterocycles. The van der Waals surface area contributed by atoms with Crippen molar-refractivity contribution in [1.29, 1.82) is 0 Å². The molecule has 4 nitrogen and oxygen atoms in total. The molecule has 0 saturated carbocycles. The molecule has 2 amide bonds. The molecule has 0 aliphatic carbocycles. The molecule has 2 unspecified atom stereocenters. The molecule has 0 N–H and O–H groups in total. The number of benzene rings is 1. The number of hydrogen-bond acceptors (Lipinski definition) is 2. The van der Waals surface area contributed by atoms with Crippen molar-refractivity contribution >= 4 is 11.8 Å². The molecule has 1 aliphatic heterocycles. The zero-order valence-corrected chi connectivity index (χ0v) is 18.6. The fraction of sp³-hybridized carbons (Fsp3) is 0.667. The molecule has 4 heteroatoms. The Kier molecular flexibility index (Phi) is 7.68. The van der Waals surface area contributed by atoms with E-state index in [1.807, 2.05) is 11.0 Å². The number of rotatable bonds is 7. The van der Waals surface area contributed by atoms with Gasteiger partial charge in [-0.15, -0.1) is 0 Å². The van der Waals surface area contributed by atoms with Crippen LogP contribution < -0.4 is 0 Å². The zero-order valence-electron chi connectivity index (χ0n) is 18.6. The molecular weight excluding hydrogens is 348 g/mol. The minimum atomic E-state index is 0.0623. The number of carbonyl (C=O) groups excluding carboxylic acids is 2. The minimum absolute atomic E-state index is 0.0623. The smallest absolute Gasteiger partial charge is 0.242 e. The number of hydrogen-bond donors (Lipinski definition) is 0. The average Bonchev–Trinajstić information content (AvgIpc) is 2.60. The Hall–Kier alpha value is -1.84. The maximum absolute atomic E-state index is 13.1. The first-order valence-electron chi connectivity index (χ1n) is 10.8. The van der Waals surface area contributed by atoms with Crippen LogP contribution in [-0.2, 0) is 16.0 Å². The van der Waals surface area contributed by atoms with Crippen molar-refractivity contribution < 1.29 is 9.59 Å². The lowest BCUT2D eigenvalue weighted by molar-refractivity contribution is -0.142. The molecule has 0 fully saturated rings. The van der Waals surface area contributed by atoms with Crippen molar-refractivity contribution in [3.63, 3.8) is 0 Å². The van der Waals surface area contributed by atoms with Gasteiger partial charge >= 0.3 is 0 Å². The highest BCUT2D eigenvalue weighted by atomic mass is 16.2. The molecule has 0 saturated heterocycles. The lowest BCUT2D eigenvalue weighted by Crippen LogP contribution is -2.46. The highest BCUT2D eigenvalue weighted by Gasteiger charge is 2.29. The second-order valence-corrected chi connectivity index (χ2v) is 9.60. The normalized spacial score (nSPS) is 17.8. The third-order valence-corrected chi connectivity index (χ3v) is 5.57. The Bertz CT molecular complexity index is 677. The number of nitrogens with zero attached hydrogens (tertiary/aromatic N) is 2. The van der Waals surface area contributed by atoms with Crippen molar-refractivity contribution in [2.45, 2.75) is 73.3 Å². The highest BCUT2D eigenvalue weighted by molar-refractivity contribution is 5.85. The van der Waals surface area contributed by atoms with Crippen LogP contribution in [0.25, 0.3) is 0 Å². The fourth-order valence-corrected chi connectivity index (χ4v) is 4.47. The second-order valence-electron chi connectivity index (χ2n) is 9.60. The van der Waals surface area contributed by atoms with Crippen LogP contribution in [0.4, 0.5) is 0 Å². The minimum Gasteiger partial charge on any atom is -0.334 e. The van der Waals surface area contributed by atoms with Crippen LogP contribution in [0.5, 0.6) is 0 Å². The van der Waals surface area contributed by atoms with Crippen molar-refractivity contribution in [3.8, 4) is 0 Å². The van der Waals surface area contributed by atoms with E-state index in [0.29, 0.717) is 18.9 Å². The van der Waals surface area contributed by atoms with Crippen LogP contribution in [0, 0.1) is 11.3 Å². The van der Waals surface area contributed by atoms with E-state index >= 15 is 0 Å². The summed E-state index contributed by atoms with van der Waals surface area (Å²) in [4.78, 5) is 29.7. The molecule has 0 spiro atoms. The van der Waals surface area contributed by atoms with Gasteiger partial charge in [0.15, 0.2) is 0 Å². The average molecular weight is 387 g/mol. The van der Waals surface area contributed by atoms with Gasteiger partial charge in [0.25, 0.3) is 0 Å². The van der Waals surface area contributed by atoms with Gasteiger partial charge in [0, 0.05) is 19.5 Å². The summed E-state index contributed by atoms with van der Waals surface area (Å²) in [5.41, 5.74) is 2.77. The molecule has 0 radical (unpaired) electrons. The van der Waals surface area contributed by atoms with Crippen LogP contribution in [-0.4, -0.2) is 41.2 Å². The van der Waals surface area contributed by atoms with Gasteiger partial charge in [-0.1, -0.05) is 58.9 Å². The van der Waals surface area contributed by atoms with Crippen molar-refractivity contribution in [3.05, 3.63) is 35.4 Å². The summed E-state index contributed by atoms with van der Waals surface area (Å²) in [5.74, 6) is 0.493. The molecule has 1 heterocycles. The van der Waals surface area contributed by atoms with Crippen LogP contribution in [0.1, 0.15) is 78.0 Å². The van der Waals surface area contributed by atoms with E-state index in [1.54, 1.807) is 4.90 Å². The van der Waals surface area contributed by atoms with Crippen LogP contribution in [0.3, 0.4) is 0 Å². The van der Waals surface area contributed by atoms with E-state index in [9.17, 15) is 9.59 Å². The molecular formula is C24H38N2O2. The van der Waals surface area contributed by atoms with Gasteiger partial charge in [-0.2, -0.15) is 0 Å². The van der Waals surface area contributed by atoms with Crippen molar-refractivity contribution in [2.75, 3.05) is 19.6 Å². The van der Waals surface area contributed by atoms with Gasteiger partial charge in [0.2, 0.25) is 11.8 Å². The standard InChI is InChI=1S/C24H38N2O2/c1-7-13-25(22(27)15-18(2)16-24(4,5)6)17-23(28)26-14-12-20-10-8-9-11-21(20)19(26)3/h8-11,18-19H,7,12-17H2,1-6H3. The first kappa shape index (κ1) is 22.4. The van der Waals surface area contributed by atoms with Crippen LogP contribution >= 0.6 is 0 Å². The first-order chi connectivity index (χ1) is 13.1. The van der Waals surface area contributed by atoms with Gasteiger partial charge in [-0.3, -0.25) is 9.59 Å². The maximum Gasteiger partial charge on any atom is 0.242 e. The predicted molar refractivity (Wildman–Crippen MR) is 115 cm³/mol. The summed E-state index contributed by atoms with van der Waals surface area (Å²) < 4.78 is 0. The lowest BCUT2D eigenvalue weighted by atomic mass is 9.84. The third kappa shape index (κ3) is 6.08. The summed E-state index contributed by atoms with van der Waals surface area (Å²) in [6.07, 6.45) is 3.27. The molecule has 1 aromatic carbocycles. The van der Waals surface area contributed by atoms with Gasteiger partial charge < -0.3 is 9.80 Å². The topological polar surface area (TPSA) is 40.6 Å². The highest BCUT2D eigenvalue weighted by Crippen LogP contribution is 2.29. The summed E-state index contributed by atoms with van der Waals surface area (Å²) >= 11 is 0. The van der Waals surface area contributed by atoms with E-state index in [1.165, 1.54) is 11.1 Å². The van der Waals surface area contributed by atoms with Crippen LogP contribution in [0.15, 0.2) is 24.3 Å². The molecule has 28 heavy (non-hydrogen) atoms. The van der Waals surface area contributed by atoms with Gasteiger partial charge in [-0.25, -0.2) is 0 Å². The lowest BCUT2D eigenvalue weighted by Gasteiger charge is -2.37. The molecule has 156 valence electrons. The van der Waals surface area contributed by atoms with E-state index in [2.05, 4.69) is 59.7 Å². The summed E-state index contributed by atoms with van der Waals surface area (Å²) in [6.45, 7) is 14.5. The van der Waals surface area contributed by atoms with Crippen molar-refractivity contribution in [2.24, 2.45) is 11.3 Å². The first-order valence-corrected chi connectivity index (χ1v) is 10.8. The molecule has 1 aliphatic rings. The van der Waals surface area contributed by atoms with Crippen LogP contribution in [0.2, 0.25) is 0 Å². The van der Waals surface area contributed by atoms with E-state index in [-0.39, 0.29) is 29.8 Å². The SMILES string of the molecule is CCCN(CC(=O)N1CCc2ccccc2C1C)C(=O)CC(C)CC(C)(C)C. The third-order valence-electron chi connectivity index (χ3n) is 5.57. The van der Waals surface area contributed by atoms with Gasteiger partial charge in [0.05, 0.1) is 12.6 Å². The summed E-state index contributed by atoms with van der Waals surface area (Å²) in [5, 5.41) is 0. The Labute approximate surface area is 171 Å². The maximum atomic E-state index is 13.1.